The highest BCUT2D eigenvalue weighted by molar-refractivity contribution is 7.89. The van der Waals surface area contributed by atoms with E-state index in [2.05, 4.69) is 0 Å². The van der Waals surface area contributed by atoms with Crippen molar-refractivity contribution in [3.63, 3.8) is 0 Å². The number of halogens is 1. The van der Waals surface area contributed by atoms with Crippen molar-refractivity contribution in [2.75, 3.05) is 0 Å². The maximum atomic E-state index is 11.1. The second-order valence-electron chi connectivity index (χ2n) is 2.78. The van der Waals surface area contributed by atoms with E-state index in [1.54, 1.807) is 13.0 Å². The molecule has 0 aromatic heterocycles. The summed E-state index contributed by atoms with van der Waals surface area (Å²) in [7, 11) is -3.98. The molecule has 0 saturated heterocycles. The van der Waals surface area contributed by atoms with Gasteiger partial charge in [-0.25, -0.2) is 13.6 Å². The van der Waals surface area contributed by atoms with Crippen LogP contribution in [0.15, 0.2) is 17.0 Å². The molecule has 14 heavy (non-hydrogen) atoms. The zero-order chi connectivity index (χ0) is 10.9. The summed E-state index contributed by atoms with van der Waals surface area (Å²) in [6, 6.07) is 2.96. The molecule has 0 spiro atoms. The Kier molecular flexibility index (Phi) is 3.04. The van der Waals surface area contributed by atoms with Gasteiger partial charge in [-0.15, -0.1) is 0 Å². The monoisotopic (exact) mass is 235 g/mol. The minimum absolute atomic E-state index is 0.0674. The predicted octanol–water partition coefficient (Wildman–Crippen LogP) is 1.26. The fourth-order valence-electron chi connectivity index (χ4n) is 1.14. The first-order chi connectivity index (χ1) is 6.38. The van der Waals surface area contributed by atoms with Crippen LogP contribution < -0.4 is 5.14 Å². The van der Waals surface area contributed by atoms with Gasteiger partial charge in [-0.1, -0.05) is 24.6 Å². The molecule has 0 heterocycles. The minimum Gasteiger partial charge on any atom is -0.506 e. The fourth-order valence-corrected chi connectivity index (χ4v) is 2.36. The lowest BCUT2D eigenvalue weighted by molar-refractivity contribution is 0.452. The summed E-state index contributed by atoms with van der Waals surface area (Å²) in [4.78, 5) is -0.404. The van der Waals surface area contributed by atoms with E-state index in [9.17, 15) is 13.5 Å². The zero-order valence-corrected chi connectivity index (χ0v) is 9.06. The summed E-state index contributed by atoms with van der Waals surface area (Å²) >= 11 is 5.62. The van der Waals surface area contributed by atoms with Crippen LogP contribution in [0, 0.1) is 0 Å². The Morgan fingerprint density at radius 3 is 2.50 bits per heavy atom. The second kappa shape index (κ2) is 3.76. The molecule has 0 amide bonds. The molecule has 0 fully saturated rings. The number of hydrogen-bond acceptors (Lipinski definition) is 3. The first-order valence-electron chi connectivity index (χ1n) is 3.91. The molecule has 0 atom stereocenters. The molecular formula is C8H10ClNO3S. The first kappa shape index (κ1) is 11.3. The van der Waals surface area contributed by atoms with Gasteiger partial charge in [0.2, 0.25) is 10.0 Å². The number of nitrogens with two attached hydrogens (primary N) is 1. The van der Waals surface area contributed by atoms with E-state index < -0.39 is 14.9 Å². The Balaban J connectivity index is 3.57. The summed E-state index contributed by atoms with van der Waals surface area (Å²) in [5.74, 6) is -0.359. The molecule has 0 bridgehead atoms. The van der Waals surface area contributed by atoms with Gasteiger partial charge < -0.3 is 5.11 Å². The molecule has 0 unspecified atom stereocenters. The zero-order valence-electron chi connectivity index (χ0n) is 7.49. The molecular weight excluding hydrogens is 226 g/mol. The predicted molar refractivity (Wildman–Crippen MR) is 53.9 cm³/mol. The molecule has 0 saturated carbocycles. The van der Waals surface area contributed by atoms with Crippen molar-refractivity contribution in [3.05, 3.63) is 22.7 Å². The van der Waals surface area contributed by atoms with Crippen LogP contribution in [0.3, 0.4) is 0 Å². The third kappa shape index (κ3) is 2.00. The van der Waals surface area contributed by atoms with Crippen LogP contribution in [0.2, 0.25) is 5.02 Å². The number of aromatic hydroxyl groups is 1. The van der Waals surface area contributed by atoms with E-state index in [0.29, 0.717) is 12.0 Å². The van der Waals surface area contributed by atoms with Crippen molar-refractivity contribution in [2.24, 2.45) is 5.14 Å². The van der Waals surface area contributed by atoms with Gasteiger partial charge >= 0.3 is 0 Å². The van der Waals surface area contributed by atoms with Gasteiger partial charge in [-0.05, 0) is 18.1 Å². The van der Waals surface area contributed by atoms with Gasteiger partial charge in [0.25, 0.3) is 0 Å². The van der Waals surface area contributed by atoms with Crippen LogP contribution in [-0.2, 0) is 16.4 Å². The smallest absolute Gasteiger partial charge is 0.243 e. The molecule has 0 aliphatic rings. The molecule has 4 nitrogen and oxygen atoms in total. The Morgan fingerprint density at radius 1 is 1.50 bits per heavy atom. The summed E-state index contributed by atoms with van der Waals surface area (Å²) < 4.78 is 22.2. The number of aryl methyl sites for hydroxylation is 1. The number of phenolic OH excluding ortho intramolecular Hbond substituents is 1. The van der Waals surface area contributed by atoms with E-state index in [-0.39, 0.29) is 10.8 Å². The third-order valence-electron chi connectivity index (χ3n) is 1.83. The van der Waals surface area contributed by atoms with E-state index in [4.69, 9.17) is 16.7 Å². The van der Waals surface area contributed by atoms with E-state index >= 15 is 0 Å². The third-order valence-corrected chi connectivity index (χ3v) is 3.24. The lowest BCUT2D eigenvalue weighted by atomic mass is 10.1. The quantitative estimate of drug-likeness (QED) is 0.810. The Bertz CT molecular complexity index is 456. The van der Waals surface area contributed by atoms with Crippen molar-refractivity contribution in [2.45, 2.75) is 18.2 Å². The average Bonchev–Trinajstić information content (AvgIpc) is 2.02. The molecule has 1 rings (SSSR count). The SMILES string of the molecule is CCc1ccc(Cl)c(S(N)(=O)=O)c1O. The lowest BCUT2D eigenvalue weighted by Gasteiger charge is -2.08. The van der Waals surface area contributed by atoms with E-state index in [1.807, 2.05) is 0 Å². The number of benzene rings is 1. The Morgan fingerprint density at radius 2 is 2.07 bits per heavy atom. The van der Waals surface area contributed by atoms with Crippen LogP contribution >= 0.6 is 11.6 Å². The maximum Gasteiger partial charge on any atom is 0.243 e. The highest BCUT2D eigenvalue weighted by Crippen LogP contribution is 2.32. The normalized spacial score (nSPS) is 11.6. The average molecular weight is 236 g/mol. The van der Waals surface area contributed by atoms with Crippen LogP contribution in [0.4, 0.5) is 0 Å². The van der Waals surface area contributed by atoms with Crippen LogP contribution in [0.5, 0.6) is 5.75 Å². The van der Waals surface area contributed by atoms with E-state index in [0.717, 1.165) is 0 Å². The first-order valence-corrected chi connectivity index (χ1v) is 5.83. The van der Waals surface area contributed by atoms with Crippen molar-refractivity contribution >= 4 is 21.6 Å². The highest BCUT2D eigenvalue weighted by Gasteiger charge is 2.20. The summed E-state index contributed by atoms with van der Waals surface area (Å²) in [5, 5.41) is 14.4. The van der Waals surface area contributed by atoms with Crippen molar-refractivity contribution in [1.82, 2.24) is 0 Å². The molecule has 6 heteroatoms. The van der Waals surface area contributed by atoms with Crippen molar-refractivity contribution in [1.29, 1.82) is 0 Å². The number of hydrogen-bond donors (Lipinski definition) is 2. The van der Waals surface area contributed by atoms with E-state index in [1.165, 1.54) is 6.07 Å². The Labute approximate surface area is 87.4 Å². The van der Waals surface area contributed by atoms with Crippen molar-refractivity contribution in [3.8, 4) is 5.75 Å². The largest absolute Gasteiger partial charge is 0.506 e. The van der Waals surface area contributed by atoms with Crippen LogP contribution in [0.25, 0.3) is 0 Å². The van der Waals surface area contributed by atoms with Crippen LogP contribution in [-0.4, -0.2) is 13.5 Å². The molecule has 1 aromatic carbocycles. The van der Waals surface area contributed by atoms with Gasteiger partial charge in [0.05, 0.1) is 5.02 Å². The van der Waals surface area contributed by atoms with Crippen LogP contribution in [0.1, 0.15) is 12.5 Å². The summed E-state index contributed by atoms with van der Waals surface area (Å²) in [6.45, 7) is 1.79. The fraction of sp³-hybridized carbons (Fsp3) is 0.250. The lowest BCUT2D eigenvalue weighted by Crippen LogP contribution is -2.13. The summed E-state index contributed by atoms with van der Waals surface area (Å²) in [6.07, 6.45) is 0.505. The van der Waals surface area contributed by atoms with Gasteiger partial charge in [-0.2, -0.15) is 0 Å². The standard InChI is InChI=1S/C8H10ClNO3S/c1-2-5-3-4-6(9)8(7(5)11)14(10,12)13/h3-4,11H,2H2,1H3,(H2,10,12,13). The maximum absolute atomic E-state index is 11.1. The van der Waals surface area contributed by atoms with Gasteiger partial charge in [0.1, 0.15) is 10.6 Å². The number of rotatable bonds is 2. The molecule has 0 aliphatic carbocycles. The van der Waals surface area contributed by atoms with Gasteiger partial charge in [0.15, 0.2) is 0 Å². The minimum atomic E-state index is -3.98. The second-order valence-corrected chi connectivity index (χ2v) is 4.69. The van der Waals surface area contributed by atoms with Gasteiger partial charge in [-0.3, -0.25) is 0 Å². The molecule has 0 aliphatic heterocycles. The topological polar surface area (TPSA) is 80.4 Å². The molecule has 1 aromatic rings. The highest BCUT2D eigenvalue weighted by atomic mass is 35.5. The Hall–Kier alpha value is -0.780. The van der Waals surface area contributed by atoms with Gasteiger partial charge in [0, 0.05) is 0 Å². The molecule has 78 valence electrons. The number of primary sulfonamides is 1. The van der Waals surface area contributed by atoms with Crippen molar-refractivity contribution < 1.29 is 13.5 Å². The molecule has 3 N–H and O–H groups in total. The summed E-state index contributed by atoms with van der Waals surface area (Å²) in [5.41, 5.74) is 0.499. The number of phenols is 1. The molecule has 0 radical (unpaired) electrons. The number of sulfonamides is 1.